The van der Waals surface area contributed by atoms with Crippen LogP contribution in [0, 0.1) is 0 Å². The molecule has 0 aliphatic heterocycles. The zero-order valence-corrected chi connectivity index (χ0v) is 10.6. The molecule has 2 aromatic heterocycles. The quantitative estimate of drug-likeness (QED) is 0.867. The summed E-state index contributed by atoms with van der Waals surface area (Å²) >= 11 is 0. The second-order valence-electron chi connectivity index (χ2n) is 4.26. The molecular weight excluding hydrogens is 230 g/mol. The summed E-state index contributed by atoms with van der Waals surface area (Å²) in [7, 11) is 0. The topological polar surface area (TPSA) is 78.9 Å². The van der Waals surface area contributed by atoms with Crippen LogP contribution in [0.4, 0.5) is 0 Å². The molecule has 0 saturated carbocycles. The summed E-state index contributed by atoms with van der Waals surface area (Å²) in [6.45, 7) is 4.69. The molecule has 18 heavy (non-hydrogen) atoms. The van der Waals surface area contributed by atoms with E-state index in [4.69, 9.17) is 10.5 Å². The minimum absolute atomic E-state index is 0.301. The van der Waals surface area contributed by atoms with E-state index < -0.39 is 0 Å². The van der Waals surface area contributed by atoms with Gasteiger partial charge in [0.2, 0.25) is 0 Å². The molecule has 2 N–H and O–H groups in total. The van der Waals surface area contributed by atoms with Crippen molar-refractivity contribution >= 4 is 0 Å². The Morgan fingerprint density at radius 1 is 1.28 bits per heavy atom. The number of hydrogen-bond acceptors (Lipinski definition) is 5. The average molecular weight is 247 g/mol. The lowest BCUT2D eigenvalue weighted by atomic mass is 10.2. The molecule has 0 amide bonds. The minimum Gasteiger partial charge on any atom is -0.421 e. The minimum atomic E-state index is 0.301. The molecule has 0 unspecified atom stereocenters. The van der Waals surface area contributed by atoms with Gasteiger partial charge >= 0.3 is 6.01 Å². The van der Waals surface area contributed by atoms with Crippen LogP contribution in [0.25, 0.3) is 0 Å². The number of rotatable bonds is 5. The van der Waals surface area contributed by atoms with Crippen LogP contribution in [0.5, 0.6) is 11.8 Å². The van der Waals surface area contributed by atoms with E-state index in [-0.39, 0.29) is 0 Å². The van der Waals surface area contributed by atoms with Gasteiger partial charge in [0.15, 0.2) is 5.75 Å². The molecule has 96 valence electrons. The lowest BCUT2D eigenvalue weighted by Gasteiger charge is -2.03. The maximum Gasteiger partial charge on any atom is 0.321 e. The number of ether oxygens (including phenoxy) is 1. The lowest BCUT2D eigenvalue weighted by Crippen LogP contribution is -2.03. The Labute approximate surface area is 106 Å². The highest BCUT2D eigenvalue weighted by molar-refractivity contribution is 5.18. The fourth-order valence-electron chi connectivity index (χ4n) is 1.45. The standard InChI is InChI=1S/C12H17N5O/c1-9(2)17-8-11(7-16-17)18-12-14-5-10(3-4-13)6-15-12/h5-9H,3-4,13H2,1-2H3. The van der Waals surface area contributed by atoms with E-state index in [2.05, 4.69) is 28.9 Å². The van der Waals surface area contributed by atoms with Crippen LogP contribution < -0.4 is 10.5 Å². The lowest BCUT2D eigenvalue weighted by molar-refractivity contribution is 0.438. The van der Waals surface area contributed by atoms with Crippen LogP contribution >= 0.6 is 0 Å². The summed E-state index contributed by atoms with van der Waals surface area (Å²) in [6, 6.07) is 0.620. The van der Waals surface area contributed by atoms with Crippen LogP contribution in [-0.4, -0.2) is 26.3 Å². The molecule has 0 aliphatic rings. The zero-order valence-electron chi connectivity index (χ0n) is 10.6. The van der Waals surface area contributed by atoms with Gasteiger partial charge in [0.1, 0.15) is 0 Å². The second-order valence-corrected chi connectivity index (χ2v) is 4.26. The molecule has 0 spiro atoms. The highest BCUT2D eigenvalue weighted by atomic mass is 16.5. The number of aromatic nitrogens is 4. The van der Waals surface area contributed by atoms with Gasteiger partial charge in [0.25, 0.3) is 0 Å². The van der Waals surface area contributed by atoms with Gasteiger partial charge < -0.3 is 10.5 Å². The molecule has 2 heterocycles. The molecule has 0 aliphatic carbocycles. The van der Waals surface area contributed by atoms with Gasteiger partial charge in [0, 0.05) is 18.4 Å². The van der Waals surface area contributed by atoms with Gasteiger partial charge in [-0.3, -0.25) is 4.68 Å². The summed E-state index contributed by atoms with van der Waals surface area (Å²) in [5.74, 6) is 0.635. The average Bonchev–Trinajstić information content (AvgIpc) is 2.81. The summed E-state index contributed by atoms with van der Waals surface area (Å²) < 4.78 is 7.32. The highest BCUT2D eigenvalue weighted by Crippen LogP contribution is 2.17. The van der Waals surface area contributed by atoms with Crippen LogP contribution in [-0.2, 0) is 6.42 Å². The Morgan fingerprint density at radius 3 is 2.56 bits per heavy atom. The third kappa shape index (κ3) is 3.04. The SMILES string of the molecule is CC(C)n1cc(Oc2ncc(CCN)cn2)cn1. The maximum atomic E-state index is 5.51. The van der Waals surface area contributed by atoms with Crippen LogP contribution in [0.1, 0.15) is 25.5 Å². The fourth-order valence-corrected chi connectivity index (χ4v) is 1.45. The Kier molecular flexibility index (Phi) is 3.88. The van der Waals surface area contributed by atoms with Crippen molar-refractivity contribution in [3.8, 4) is 11.8 Å². The monoisotopic (exact) mass is 247 g/mol. The van der Waals surface area contributed by atoms with Gasteiger partial charge in [-0.2, -0.15) is 5.10 Å². The zero-order chi connectivity index (χ0) is 13.0. The van der Waals surface area contributed by atoms with E-state index in [1.54, 1.807) is 18.6 Å². The molecule has 2 rings (SSSR count). The van der Waals surface area contributed by atoms with E-state index in [9.17, 15) is 0 Å². The summed E-state index contributed by atoms with van der Waals surface area (Å²) in [4.78, 5) is 8.24. The molecule has 0 radical (unpaired) electrons. The summed E-state index contributed by atoms with van der Waals surface area (Å²) in [5, 5.41) is 4.18. The number of nitrogens with zero attached hydrogens (tertiary/aromatic N) is 4. The predicted molar refractivity (Wildman–Crippen MR) is 67.5 cm³/mol. The Hall–Kier alpha value is -1.95. The molecular formula is C12H17N5O. The first-order valence-electron chi connectivity index (χ1n) is 5.92. The van der Waals surface area contributed by atoms with Crippen molar-refractivity contribution in [3.63, 3.8) is 0 Å². The van der Waals surface area contributed by atoms with E-state index >= 15 is 0 Å². The Balaban J connectivity index is 2.03. The van der Waals surface area contributed by atoms with Crippen molar-refractivity contribution in [2.24, 2.45) is 5.73 Å². The van der Waals surface area contributed by atoms with E-state index in [0.717, 1.165) is 12.0 Å². The first-order valence-corrected chi connectivity index (χ1v) is 5.92. The van der Waals surface area contributed by atoms with E-state index in [0.29, 0.717) is 24.3 Å². The molecule has 0 saturated heterocycles. The third-order valence-electron chi connectivity index (χ3n) is 2.43. The molecule has 0 fully saturated rings. The first-order chi connectivity index (χ1) is 8.69. The van der Waals surface area contributed by atoms with Crippen molar-refractivity contribution < 1.29 is 4.74 Å². The predicted octanol–water partition coefficient (Wildman–Crippen LogP) is 1.55. The summed E-state index contributed by atoms with van der Waals surface area (Å²) in [5.41, 5.74) is 6.46. The maximum absolute atomic E-state index is 5.51. The van der Waals surface area contributed by atoms with Crippen LogP contribution in [0.15, 0.2) is 24.8 Å². The number of hydrogen-bond donors (Lipinski definition) is 1. The van der Waals surface area contributed by atoms with Gasteiger partial charge in [0.05, 0.1) is 12.4 Å². The Bertz CT molecular complexity index is 491. The molecule has 2 aromatic rings. The number of nitrogens with two attached hydrogens (primary N) is 1. The summed E-state index contributed by atoms with van der Waals surface area (Å²) in [6.07, 6.45) is 7.69. The van der Waals surface area contributed by atoms with Crippen molar-refractivity contribution in [2.45, 2.75) is 26.3 Å². The molecule has 0 atom stereocenters. The highest BCUT2D eigenvalue weighted by Gasteiger charge is 2.05. The fraction of sp³-hybridized carbons (Fsp3) is 0.417. The van der Waals surface area contributed by atoms with Crippen LogP contribution in [0.2, 0.25) is 0 Å². The van der Waals surface area contributed by atoms with E-state index in [1.807, 2.05) is 10.9 Å². The van der Waals surface area contributed by atoms with Crippen LogP contribution in [0.3, 0.4) is 0 Å². The Morgan fingerprint density at radius 2 is 2.00 bits per heavy atom. The third-order valence-corrected chi connectivity index (χ3v) is 2.43. The smallest absolute Gasteiger partial charge is 0.321 e. The second kappa shape index (κ2) is 5.59. The van der Waals surface area contributed by atoms with Crippen molar-refractivity contribution in [1.29, 1.82) is 0 Å². The molecule has 0 bridgehead atoms. The van der Waals surface area contributed by atoms with Gasteiger partial charge in [-0.15, -0.1) is 0 Å². The van der Waals surface area contributed by atoms with Gasteiger partial charge in [-0.1, -0.05) is 0 Å². The van der Waals surface area contributed by atoms with E-state index in [1.165, 1.54) is 0 Å². The normalized spacial score (nSPS) is 10.9. The molecule has 6 heteroatoms. The van der Waals surface area contributed by atoms with Crippen molar-refractivity contribution in [2.75, 3.05) is 6.54 Å². The molecule has 6 nitrogen and oxygen atoms in total. The first kappa shape index (κ1) is 12.5. The van der Waals surface area contributed by atoms with Crippen molar-refractivity contribution in [1.82, 2.24) is 19.7 Å². The van der Waals surface area contributed by atoms with Gasteiger partial charge in [-0.05, 0) is 32.4 Å². The van der Waals surface area contributed by atoms with Crippen molar-refractivity contribution in [3.05, 3.63) is 30.4 Å². The largest absolute Gasteiger partial charge is 0.421 e. The van der Waals surface area contributed by atoms with Gasteiger partial charge in [-0.25, -0.2) is 9.97 Å². The molecule has 0 aromatic carbocycles.